The zero-order valence-corrected chi connectivity index (χ0v) is 13.9. The molecule has 7 heteroatoms. The molecule has 2 aromatic heterocycles. The average Bonchev–Trinajstić information content (AvgIpc) is 3.03. The van der Waals surface area contributed by atoms with E-state index < -0.39 is 0 Å². The number of fused-ring (bicyclic) bond motifs is 1. The normalized spacial score (nSPS) is 11.0. The monoisotopic (exact) mass is 350 g/mol. The van der Waals surface area contributed by atoms with Gasteiger partial charge in [-0.2, -0.15) is 0 Å². The van der Waals surface area contributed by atoms with Crippen molar-refractivity contribution >= 4 is 16.9 Å². The summed E-state index contributed by atoms with van der Waals surface area (Å²) in [7, 11) is 0. The fraction of sp³-hybridized carbons (Fsp3) is 0.105. The quantitative estimate of drug-likeness (QED) is 0.587. The summed E-state index contributed by atoms with van der Waals surface area (Å²) in [5.74, 6) is 1.20. The number of hydrogen-bond acceptors (Lipinski definition) is 5. The molecule has 2 N–H and O–H groups in total. The van der Waals surface area contributed by atoms with Crippen molar-refractivity contribution in [3.63, 3.8) is 0 Å². The molecule has 0 saturated carbocycles. The van der Waals surface area contributed by atoms with Crippen LogP contribution >= 0.6 is 0 Å². The van der Waals surface area contributed by atoms with Crippen LogP contribution in [0.25, 0.3) is 22.6 Å². The van der Waals surface area contributed by atoms with Crippen LogP contribution in [0.5, 0.6) is 0 Å². The average molecular weight is 350 g/mol. The third-order valence-electron chi connectivity index (χ3n) is 3.88. The Kier molecular flexibility index (Phi) is 3.96. The minimum absolute atomic E-state index is 0.198. The lowest BCUT2D eigenvalue weighted by molar-refractivity contribution is 0.616. The maximum Gasteiger partial charge on any atom is 0.252 e. The van der Waals surface area contributed by atoms with Gasteiger partial charge in [-0.05, 0) is 48.9 Å². The van der Waals surface area contributed by atoms with Gasteiger partial charge >= 0.3 is 0 Å². The van der Waals surface area contributed by atoms with Gasteiger partial charge in [-0.1, -0.05) is 6.07 Å². The molecule has 2 aromatic carbocycles. The van der Waals surface area contributed by atoms with E-state index in [1.165, 1.54) is 18.2 Å². The van der Waals surface area contributed by atoms with E-state index in [1.54, 1.807) is 19.1 Å². The first-order valence-electron chi connectivity index (χ1n) is 8.04. The maximum absolute atomic E-state index is 13.0. The number of halogens is 1. The molecule has 0 radical (unpaired) electrons. The molecule has 0 bridgehead atoms. The van der Waals surface area contributed by atoms with Gasteiger partial charge in [0.25, 0.3) is 5.56 Å². The number of benzene rings is 2. The van der Waals surface area contributed by atoms with Gasteiger partial charge in [0.1, 0.15) is 23.0 Å². The second-order valence-electron chi connectivity index (χ2n) is 5.90. The fourth-order valence-corrected chi connectivity index (χ4v) is 2.66. The van der Waals surface area contributed by atoms with Crippen molar-refractivity contribution in [2.45, 2.75) is 13.5 Å². The number of rotatable bonds is 4. The van der Waals surface area contributed by atoms with E-state index >= 15 is 0 Å². The van der Waals surface area contributed by atoms with Crippen molar-refractivity contribution < 1.29 is 8.81 Å². The summed E-state index contributed by atoms with van der Waals surface area (Å²) in [6.07, 6.45) is 0. The molecule has 26 heavy (non-hydrogen) atoms. The van der Waals surface area contributed by atoms with Gasteiger partial charge in [-0.3, -0.25) is 4.79 Å². The summed E-state index contributed by atoms with van der Waals surface area (Å²) in [5, 5.41) is 3.12. The minimum atomic E-state index is -0.304. The van der Waals surface area contributed by atoms with Crippen LogP contribution in [0.3, 0.4) is 0 Å². The highest BCUT2D eigenvalue weighted by molar-refractivity contribution is 5.77. The maximum atomic E-state index is 13.0. The van der Waals surface area contributed by atoms with Gasteiger partial charge in [0, 0.05) is 18.2 Å². The van der Waals surface area contributed by atoms with Crippen molar-refractivity contribution in [2.24, 2.45) is 0 Å². The largest absolute Gasteiger partial charge is 0.436 e. The van der Waals surface area contributed by atoms with Crippen LogP contribution < -0.4 is 10.9 Å². The Labute approximate surface area is 147 Å². The zero-order chi connectivity index (χ0) is 18.1. The van der Waals surface area contributed by atoms with E-state index in [1.807, 2.05) is 18.2 Å². The Hall–Kier alpha value is -3.48. The predicted octanol–water partition coefficient (Wildman–Crippen LogP) is 3.64. The summed E-state index contributed by atoms with van der Waals surface area (Å²) < 4.78 is 18.8. The lowest BCUT2D eigenvalue weighted by Crippen LogP contribution is -2.11. The molecule has 0 aliphatic carbocycles. The molecule has 0 amide bonds. The number of aryl methyl sites for hydroxylation is 1. The van der Waals surface area contributed by atoms with Crippen LogP contribution in [0.2, 0.25) is 0 Å². The first kappa shape index (κ1) is 16.0. The third kappa shape index (κ3) is 3.32. The van der Waals surface area contributed by atoms with Gasteiger partial charge < -0.3 is 14.7 Å². The number of oxazole rings is 1. The van der Waals surface area contributed by atoms with E-state index in [4.69, 9.17) is 4.42 Å². The van der Waals surface area contributed by atoms with Crippen LogP contribution in [0.4, 0.5) is 10.2 Å². The molecule has 4 rings (SSSR count). The number of aromatic nitrogens is 3. The molecule has 0 spiro atoms. The Morgan fingerprint density at radius 2 is 1.92 bits per heavy atom. The molecule has 0 atom stereocenters. The Morgan fingerprint density at radius 3 is 2.69 bits per heavy atom. The smallest absolute Gasteiger partial charge is 0.252 e. The van der Waals surface area contributed by atoms with Crippen molar-refractivity contribution in [3.8, 4) is 11.5 Å². The molecule has 2 heterocycles. The molecule has 0 saturated heterocycles. The second kappa shape index (κ2) is 6.44. The Bertz CT molecular complexity index is 1130. The Morgan fingerprint density at radius 1 is 1.12 bits per heavy atom. The number of hydrogen-bond donors (Lipinski definition) is 2. The summed E-state index contributed by atoms with van der Waals surface area (Å²) in [6, 6.07) is 13.1. The van der Waals surface area contributed by atoms with Gasteiger partial charge in [-0.15, -0.1) is 0 Å². The van der Waals surface area contributed by atoms with Crippen molar-refractivity contribution in [1.82, 2.24) is 15.0 Å². The minimum Gasteiger partial charge on any atom is -0.436 e. The van der Waals surface area contributed by atoms with E-state index in [0.717, 1.165) is 5.56 Å². The highest BCUT2D eigenvalue weighted by Gasteiger charge is 2.09. The molecule has 0 fully saturated rings. The highest BCUT2D eigenvalue weighted by Crippen LogP contribution is 2.25. The molecular weight excluding hydrogens is 335 g/mol. The standard InChI is InChI=1S/C19H15FN4O2/c1-11-22-17(9-18(25)23-11)21-10-12-2-7-16-15(8-12)24-19(26-16)13-3-5-14(20)6-4-13/h2-9H,10H2,1H3,(H2,21,22,23,25). The zero-order valence-electron chi connectivity index (χ0n) is 13.9. The molecule has 0 aliphatic heterocycles. The van der Waals surface area contributed by atoms with Gasteiger partial charge in [0.2, 0.25) is 5.89 Å². The van der Waals surface area contributed by atoms with Crippen molar-refractivity contribution in [1.29, 1.82) is 0 Å². The van der Waals surface area contributed by atoms with Crippen molar-refractivity contribution in [3.05, 3.63) is 76.1 Å². The number of H-pyrrole nitrogens is 1. The second-order valence-corrected chi connectivity index (χ2v) is 5.90. The first-order chi connectivity index (χ1) is 12.6. The van der Waals surface area contributed by atoms with Crippen LogP contribution in [0.1, 0.15) is 11.4 Å². The predicted molar refractivity (Wildman–Crippen MR) is 96.3 cm³/mol. The molecular formula is C19H15FN4O2. The third-order valence-corrected chi connectivity index (χ3v) is 3.88. The summed E-state index contributed by atoms with van der Waals surface area (Å²) >= 11 is 0. The van der Waals surface area contributed by atoms with E-state index in [9.17, 15) is 9.18 Å². The van der Waals surface area contributed by atoms with Gasteiger partial charge in [-0.25, -0.2) is 14.4 Å². The van der Waals surface area contributed by atoms with Gasteiger partial charge in [0.05, 0.1) is 0 Å². The molecule has 4 aromatic rings. The topological polar surface area (TPSA) is 83.8 Å². The van der Waals surface area contributed by atoms with E-state index in [-0.39, 0.29) is 11.4 Å². The summed E-state index contributed by atoms with van der Waals surface area (Å²) in [5.41, 5.74) is 2.84. The number of nitrogens with zero attached hydrogens (tertiary/aromatic N) is 2. The number of aromatic amines is 1. The lowest BCUT2D eigenvalue weighted by Gasteiger charge is -2.05. The van der Waals surface area contributed by atoms with E-state index in [2.05, 4.69) is 20.3 Å². The number of anilines is 1. The molecule has 0 unspecified atom stereocenters. The Balaban J connectivity index is 1.57. The highest BCUT2D eigenvalue weighted by atomic mass is 19.1. The van der Waals surface area contributed by atoms with Crippen molar-refractivity contribution in [2.75, 3.05) is 5.32 Å². The summed E-state index contributed by atoms with van der Waals surface area (Å²) in [6.45, 7) is 2.22. The first-order valence-corrected chi connectivity index (χ1v) is 8.04. The fourth-order valence-electron chi connectivity index (χ4n) is 2.66. The SMILES string of the molecule is Cc1nc(NCc2ccc3oc(-c4ccc(F)cc4)nc3c2)cc(=O)[nH]1. The van der Waals surface area contributed by atoms with E-state index in [0.29, 0.717) is 40.7 Å². The summed E-state index contributed by atoms with van der Waals surface area (Å²) in [4.78, 5) is 22.8. The molecule has 0 aliphatic rings. The lowest BCUT2D eigenvalue weighted by atomic mass is 10.2. The molecule has 130 valence electrons. The van der Waals surface area contributed by atoms with Gasteiger partial charge in [0.15, 0.2) is 5.58 Å². The van der Waals surface area contributed by atoms with Crippen LogP contribution in [0.15, 0.2) is 57.7 Å². The molecule has 6 nitrogen and oxygen atoms in total. The van der Waals surface area contributed by atoms with Crippen LogP contribution in [-0.2, 0) is 6.54 Å². The number of nitrogens with one attached hydrogen (secondary N) is 2. The van der Waals surface area contributed by atoms with Crippen LogP contribution in [0, 0.1) is 12.7 Å². The van der Waals surface area contributed by atoms with Crippen LogP contribution in [-0.4, -0.2) is 15.0 Å².